The first-order chi connectivity index (χ1) is 8.65. The summed E-state index contributed by atoms with van der Waals surface area (Å²) in [6.07, 6.45) is 4.58. The van der Waals surface area contributed by atoms with Gasteiger partial charge in [0.15, 0.2) is 0 Å². The molecule has 19 heavy (non-hydrogen) atoms. The third-order valence-electron chi connectivity index (χ3n) is 4.04. The van der Waals surface area contributed by atoms with Crippen molar-refractivity contribution < 1.29 is 5.11 Å². The summed E-state index contributed by atoms with van der Waals surface area (Å²) in [7, 11) is 0. The van der Waals surface area contributed by atoms with Crippen LogP contribution >= 0.6 is 15.9 Å². The lowest BCUT2D eigenvalue weighted by atomic mass is 9.65. The van der Waals surface area contributed by atoms with E-state index in [-0.39, 0.29) is 11.5 Å². The Hall–Kier alpha value is -0.350. The Morgan fingerprint density at radius 3 is 2.58 bits per heavy atom. The van der Waals surface area contributed by atoms with Crippen molar-refractivity contribution in [2.24, 2.45) is 11.3 Å². The van der Waals surface area contributed by atoms with Crippen LogP contribution in [0.1, 0.15) is 65.6 Å². The van der Waals surface area contributed by atoms with Gasteiger partial charge in [-0.1, -0.05) is 20.8 Å². The fourth-order valence-electron chi connectivity index (χ4n) is 3.88. The number of aromatic nitrogens is 2. The van der Waals surface area contributed by atoms with Gasteiger partial charge in [0.2, 0.25) is 0 Å². The summed E-state index contributed by atoms with van der Waals surface area (Å²) in [5, 5.41) is 15.7. The van der Waals surface area contributed by atoms with Crippen molar-refractivity contribution in [2.45, 2.75) is 65.5 Å². The summed E-state index contributed by atoms with van der Waals surface area (Å²) in [6.45, 7) is 10.9. The molecule has 0 saturated heterocycles. The Morgan fingerprint density at radius 2 is 2.05 bits per heavy atom. The van der Waals surface area contributed by atoms with Gasteiger partial charge < -0.3 is 5.11 Å². The van der Waals surface area contributed by atoms with Crippen LogP contribution < -0.4 is 0 Å². The van der Waals surface area contributed by atoms with Crippen LogP contribution in [0.5, 0.6) is 0 Å². The van der Waals surface area contributed by atoms with Crippen molar-refractivity contribution in [1.29, 1.82) is 0 Å². The Bertz CT molecular complexity index is 467. The standard InChI is InChI=1S/C15H25BrN2O/c1-10(2)18-13(12(16)8-17-18)15(19)7-11(3)6-14(4,5)9-15/h8,10-11,19H,6-7,9H2,1-5H3. The van der Waals surface area contributed by atoms with Gasteiger partial charge in [0.05, 0.1) is 16.4 Å². The summed E-state index contributed by atoms with van der Waals surface area (Å²) in [5.74, 6) is 0.524. The van der Waals surface area contributed by atoms with Gasteiger partial charge >= 0.3 is 0 Å². The molecule has 1 aliphatic carbocycles. The van der Waals surface area contributed by atoms with Crippen molar-refractivity contribution in [3.05, 3.63) is 16.4 Å². The summed E-state index contributed by atoms with van der Waals surface area (Å²) in [6, 6.07) is 0.255. The fourth-order valence-corrected chi connectivity index (χ4v) is 4.52. The average molecular weight is 329 g/mol. The molecule has 3 nitrogen and oxygen atoms in total. The van der Waals surface area contributed by atoms with Gasteiger partial charge in [-0.3, -0.25) is 4.68 Å². The molecule has 1 N–H and O–H groups in total. The normalized spacial score (nSPS) is 30.8. The molecule has 1 aliphatic rings. The molecule has 1 aromatic rings. The number of aliphatic hydroxyl groups is 1. The van der Waals surface area contributed by atoms with E-state index in [1.54, 1.807) is 6.20 Å². The maximum Gasteiger partial charge on any atom is 0.108 e. The molecule has 0 bridgehead atoms. The fraction of sp³-hybridized carbons (Fsp3) is 0.800. The second kappa shape index (κ2) is 4.88. The second-order valence-electron chi connectivity index (χ2n) is 7.27. The molecule has 2 rings (SSSR count). The van der Waals surface area contributed by atoms with E-state index in [1.807, 2.05) is 4.68 Å². The Balaban J connectivity index is 2.47. The van der Waals surface area contributed by atoms with E-state index < -0.39 is 5.60 Å². The summed E-state index contributed by atoms with van der Waals surface area (Å²) in [4.78, 5) is 0. The molecule has 1 heterocycles. The first-order valence-electron chi connectivity index (χ1n) is 7.10. The summed E-state index contributed by atoms with van der Waals surface area (Å²) in [5.41, 5.74) is 0.334. The van der Waals surface area contributed by atoms with E-state index in [9.17, 15) is 5.11 Å². The molecule has 1 saturated carbocycles. The average Bonchev–Trinajstić information content (AvgIpc) is 2.56. The molecular weight excluding hydrogens is 304 g/mol. The number of halogens is 1. The zero-order chi connectivity index (χ0) is 14.4. The lowest BCUT2D eigenvalue weighted by molar-refractivity contribution is -0.0705. The minimum atomic E-state index is -0.777. The molecule has 0 radical (unpaired) electrons. The van der Waals surface area contributed by atoms with E-state index in [1.165, 1.54) is 6.42 Å². The zero-order valence-electron chi connectivity index (χ0n) is 12.6. The van der Waals surface area contributed by atoms with Gasteiger partial charge in [-0.2, -0.15) is 5.10 Å². The smallest absolute Gasteiger partial charge is 0.108 e. The molecule has 1 aromatic heterocycles. The lowest BCUT2D eigenvalue weighted by Crippen LogP contribution is -2.41. The highest BCUT2D eigenvalue weighted by molar-refractivity contribution is 9.10. The molecule has 0 aromatic carbocycles. The molecule has 0 aliphatic heterocycles. The van der Waals surface area contributed by atoms with E-state index >= 15 is 0 Å². The van der Waals surface area contributed by atoms with E-state index in [0.29, 0.717) is 5.92 Å². The predicted octanol–water partition coefficient (Wildman–Crippen LogP) is 4.26. The highest BCUT2D eigenvalue weighted by Crippen LogP contribution is 2.50. The van der Waals surface area contributed by atoms with Gasteiger partial charge in [0.1, 0.15) is 5.60 Å². The number of hydrogen-bond acceptors (Lipinski definition) is 2. The maximum atomic E-state index is 11.3. The van der Waals surface area contributed by atoms with Crippen LogP contribution in [0.2, 0.25) is 0 Å². The van der Waals surface area contributed by atoms with Crippen molar-refractivity contribution in [2.75, 3.05) is 0 Å². The van der Waals surface area contributed by atoms with Crippen LogP contribution in [0, 0.1) is 11.3 Å². The van der Waals surface area contributed by atoms with Crippen molar-refractivity contribution in [1.82, 2.24) is 9.78 Å². The topological polar surface area (TPSA) is 38.1 Å². The molecule has 0 spiro atoms. The second-order valence-corrected chi connectivity index (χ2v) is 8.12. The Kier molecular flexibility index (Phi) is 3.87. The molecular formula is C15H25BrN2O. The number of hydrogen-bond donors (Lipinski definition) is 1. The molecule has 2 atom stereocenters. The van der Waals surface area contributed by atoms with Crippen molar-refractivity contribution in [3.63, 3.8) is 0 Å². The van der Waals surface area contributed by atoms with Crippen LogP contribution in [0.15, 0.2) is 10.7 Å². The first kappa shape index (κ1) is 15.0. The van der Waals surface area contributed by atoms with Crippen LogP contribution in [0.25, 0.3) is 0 Å². The van der Waals surface area contributed by atoms with E-state index in [2.05, 4.69) is 55.6 Å². The number of nitrogens with zero attached hydrogens (tertiary/aromatic N) is 2. The zero-order valence-corrected chi connectivity index (χ0v) is 14.2. The highest BCUT2D eigenvalue weighted by Gasteiger charge is 2.45. The van der Waals surface area contributed by atoms with Crippen molar-refractivity contribution >= 4 is 15.9 Å². The largest absolute Gasteiger partial charge is 0.383 e. The molecule has 1 fully saturated rings. The van der Waals surface area contributed by atoms with Gasteiger partial charge in [-0.25, -0.2) is 0 Å². The minimum Gasteiger partial charge on any atom is -0.383 e. The van der Waals surface area contributed by atoms with Crippen LogP contribution in [0.4, 0.5) is 0 Å². The van der Waals surface area contributed by atoms with Crippen LogP contribution in [0.3, 0.4) is 0 Å². The molecule has 108 valence electrons. The van der Waals surface area contributed by atoms with Crippen molar-refractivity contribution in [3.8, 4) is 0 Å². The minimum absolute atomic E-state index is 0.165. The predicted molar refractivity (Wildman–Crippen MR) is 81.0 cm³/mol. The lowest BCUT2D eigenvalue weighted by Gasteiger charge is -2.45. The quantitative estimate of drug-likeness (QED) is 0.880. The summed E-state index contributed by atoms with van der Waals surface area (Å²) < 4.78 is 2.88. The monoisotopic (exact) mass is 328 g/mol. The molecule has 0 amide bonds. The molecule has 2 unspecified atom stereocenters. The van der Waals surface area contributed by atoms with Crippen LogP contribution in [-0.4, -0.2) is 14.9 Å². The Morgan fingerprint density at radius 1 is 1.42 bits per heavy atom. The number of rotatable bonds is 2. The first-order valence-corrected chi connectivity index (χ1v) is 7.90. The SMILES string of the molecule is CC1CC(C)(C)CC(O)(c2c(Br)cnn2C(C)C)C1. The Labute approximate surface area is 124 Å². The van der Waals surface area contributed by atoms with Gasteiger partial charge in [-0.05, 0) is 60.4 Å². The van der Waals surface area contributed by atoms with Gasteiger partial charge in [0, 0.05) is 6.04 Å². The van der Waals surface area contributed by atoms with Gasteiger partial charge in [-0.15, -0.1) is 0 Å². The summed E-state index contributed by atoms with van der Waals surface area (Å²) >= 11 is 3.57. The maximum absolute atomic E-state index is 11.3. The van der Waals surface area contributed by atoms with E-state index in [0.717, 1.165) is 23.0 Å². The third kappa shape index (κ3) is 2.89. The molecule has 4 heteroatoms. The van der Waals surface area contributed by atoms with E-state index in [4.69, 9.17) is 0 Å². The highest BCUT2D eigenvalue weighted by atomic mass is 79.9. The third-order valence-corrected chi connectivity index (χ3v) is 4.62. The van der Waals surface area contributed by atoms with Crippen LogP contribution in [-0.2, 0) is 5.60 Å². The van der Waals surface area contributed by atoms with Gasteiger partial charge in [0.25, 0.3) is 0 Å².